The summed E-state index contributed by atoms with van der Waals surface area (Å²) in [6.07, 6.45) is 0. The molecule has 1 aromatic carbocycles. The van der Waals surface area contributed by atoms with E-state index in [9.17, 15) is 4.79 Å². The number of anilines is 1. The van der Waals surface area contributed by atoms with Gasteiger partial charge in [-0.3, -0.25) is 5.32 Å². The summed E-state index contributed by atoms with van der Waals surface area (Å²) in [7, 11) is 5.39. The lowest BCUT2D eigenvalue weighted by molar-refractivity contribution is -0.148. The number of esters is 1. The molecule has 4 heteroatoms. The minimum atomic E-state index is -0.826. The Kier molecular flexibility index (Phi) is 4.95. The highest BCUT2D eigenvalue weighted by atomic mass is 16.5. The fourth-order valence-electron chi connectivity index (χ4n) is 2.13. The fraction of sp³-hybridized carbons (Fsp3) is 0.533. The number of rotatable bonds is 5. The summed E-state index contributed by atoms with van der Waals surface area (Å²) in [6.45, 7) is 5.87. The molecule has 0 aliphatic carbocycles. The highest BCUT2D eigenvalue weighted by Crippen LogP contribution is 2.25. The van der Waals surface area contributed by atoms with Crippen LogP contribution in [0.5, 0.6) is 0 Å². The van der Waals surface area contributed by atoms with Crippen LogP contribution in [-0.2, 0) is 15.1 Å². The third-order valence-electron chi connectivity index (χ3n) is 3.13. The molecule has 0 saturated carbocycles. The van der Waals surface area contributed by atoms with Crippen LogP contribution in [0.25, 0.3) is 0 Å². The number of nitrogens with one attached hydrogen (secondary N) is 1. The van der Waals surface area contributed by atoms with Gasteiger partial charge in [-0.15, -0.1) is 0 Å². The van der Waals surface area contributed by atoms with Crippen molar-refractivity contribution in [1.29, 1.82) is 0 Å². The van der Waals surface area contributed by atoms with Crippen LogP contribution in [0.3, 0.4) is 0 Å². The molecule has 0 heterocycles. The smallest absolute Gasteiger partial charge is 0.330 e. The normalized spacial score (nSPS) is 14.1. The van der Waals surface area contributed by atoms with Crippen LogP contribution in [-0.4, -0.2) is 33.2 Å². The first-order valence-corrected chi connectivity index (χ1v) is 6.45. The molecule has 0 bridgehead atoms. The van der Waals surface area contributed by atoms with E-state index in [1.165, 1.54) is 7.11 Å². The Morgan fingerprint density at radius 2 is 1.79 bits per heavy atom. The fourth-order valence-corrected chi connectivity index (χ4v) is 2.13. The van der Waals surface area contributed by atoms with E-state index in [-0.39, 0.29) is 12.0 Å². The Bertz CT molecular complexity index is 426. The molecule has 4 nitrogen and oxygen atoms in total. The minimum Gasteiger partial charge on any atom is -0.467 e. The summed E-state index contributed by atoms with van der Waals surface area (Å²) >= 11 is 0. The van der Waals surface area contributed by atoms with Crippen molar-refractivity contribution in [3.8, 4) is 0 Å². The van der Waals surface area contributed by atoms with Gasteiger partial charge in [0.25, 0.3) is 0 Å². The Balaban J connectivity index is 3.14. The van der Waals surface area contributed by atoms with E-state index in [1.807, 2.05) is 64.0 Å². The van der Waals surface area contributed by atoms with Gasteiger partial charge in [0, 0.05) is 25.8 Å². The van der Waals surface area contributed by atoms with Crippen LogP contribution in [0.4, 0.5) is 5.69 Å². The van der Waals surface area contributed by atoms with Crippen molar-refractivity contribution in [3.05, 3.63) is 29.8 Å². The number of benzene rings is 1. The highest BCUT2D eigenvalue weighted by Gasteiger charge is 2.36. The lowest BCUT2D eigenvalue weighted by atomic mass is 9.91. The maximum Gasteiger partial charge on any atom is 0.330 e. The van der Waals surface area contributed by atoms with Crippen LogP contribution in [0, 0.1) is 0 Å². The largest absolute Gasteiger partial charge is 0.467 e. The second-order valence-corrected chi connectivity index (χ2v) is 5.36. The Labute approximate surface area is 115 Å². The molecule has 0 aliphatic rings. The first kappa shape index (κ1) is 15.5. The molecule has 19 heavy (non-hydrogen) atoms. The summed E-state index contributed by atoms with van der Waals surface area (Å²) in [6, 6.07) is 8.10. The van der Waals surface area contributed by atoms with Crippen LogP contribution >= 0.6 is 0 Å². The minimum absolute atomic E-state index is 0.178. The molecule has 0 aliphatic heterocycles. The van der Waals surface area contributed by atoms with Crippen molar-refractivity contribution < 1.29 is 9.53 Å². The lowest BCUT2D eigenvalue weighted by Gasteiger charge is -2.31. The zero-order valence-electron chi connectivity index (χ0n) is 12.7. The van der Waals surface area contributed by atoms with E-state index in [4.69, 9.17) is 4.74 Å². The van der Waals surface area contributed by atoms with E-state index in [1.54, 1.807) is 0 Å². The summed E-state index contributed by atoms with van der Waals surface area (Å²) in [5, 5.41) is 3.28. The summed E-state index contributed by atoms with van der Waals surface area (Å²) < 4.78 is 4.94. The molecule has 1 N–H and O–H groups in total. The molecule has 1 atom stereocenters. The molecule has 0 aromatic heterocycles. The Morgan fingerprint density at radius 1 is 1.26 bits per heavy atom. The zero-order chi connectivity index (χ0) is 14.6. The second-order valence-electron chi connectivity index (χ2n) is 5.36. The molecule has 0 saturated heterocycles. The van der Waals surface area contributed by atoms with Gasteiger partial charge in [0.15, 0.2) is 0 Å². The SMILES string of the molecule is COC(=O)C(C)(NC(C)C)c1ccc(N(C)C)cc1. The number of nitrogens with zero attached hydrogens (tertiary/aromatic N) is 1. The molecular formula is C15H24N2O2. The first-order chi connectivity index (χ1) is 8.81. The molecule has 0 amide bonds. The van der Waals surface area contributed by atoms with E-state index >= 15 is 0 Å². The van der Waals surface area contributed by atoms with E-state index in [0.29, 0.717) is 0 Å². The zero-order valence-corrected chi connectivity index (χ0v) is 12.7. The summed E-state index contributed by atoms with van der Waals surface area (Å²) in [4.78, 5) is 14.1. The van der Waals surface area contributed by atoms with E-state index < -0.39 is 5.54 Å². The van der Waals surface area contributed by atoms with Crippen molar-refractivity contribution in [3.63, 3.8) is 0 Å². The average Bonchev–Trinajstić information content (AvgIpc) is 2.36. The topological polar surface area (TPSA) is 41.6 Å². The first-order valence-electron chi connectivity index (χ1n) is 6.45. The third-order valence-corrected chi connectivity index (χ3v) is 3.13. The van der Waals surface area contributed by atoms with Gasteiger partial charge in [-0.2, -0.15) is 0 Å². The van der Waals surface area contributed by atoms with Gasteiger partial charge < -0.3 is 9.64 Å². The van der Waals surface area contributed by atoms with Gasteiger partial charge in [-0.1, -0.05) is 12.1 Å². The van der Waals surface area contributed by atoms with Crippen molar-refractivity contribution in [1.82, 2.24) is 5.32 Å². The monoisotopic (exact) mass is 264 g/mol. The summed E-state index contributed by atoms with van der Waals surface area (Å²) in [5.41, 5.74) is 1.17. The van der Waals surface area contributed by atoms with Crippen molar-refractivity contribution >= 4 is 11.7 Å². The van der Waals surface area contributed by atoms with Crippen molar-refractivity contribution in [2.75, 3.05) is 26.1 Å². The van der Waals surface area contributed by atoms with Crippen LogP contribution in [0.2, 0.25) is 0 Å². The Morgan fingerprint density at radius 3 is 2.16 bits per heavy atom. The van der Waals surface area contributed by atoms with Gasteiger partial charge in [-0.05, 0) is 38.5 Å². The van der Waals surface area contributed by atoms with Gasteiger partial charge >= 0.3 is 5.97 Å². The lowest BCUT2D eigenvalue weighted by Crippen LogP contribution is -2.50. The van der Waals surface area contributed by atoms with Crippen LogP contribution < -0.4 is 10.2 Å². The molecule has 1 unspecified atom stereocenters. The number of hydrogen-bond acceptors (Lipinski definition) is 4. The maximum atomic E-state index is 12.1. The van der Waals surface area contributed by atoms with Crippen molar-refractivity contribution in [2.45, 2.75) is 32.4 Å². The maximum absolute atomic E-state index is 12.1. The van der Waals surface area contributed by atoms with Crippen LogP contribution in [0.15, 0.2) is 24.3 Å². The molecular weight excluding hydrogens is 240 g/mol. The predicted octanol–water partition coefficient (Wildman–Crippen LogP) is 2.14. The average molecular weight is 264 g/mol. The van der Waals surface area contributed by atoms with Gasteiger partial charge in [0.1, 0.15) is 5.54 Å². The quantitative estimate of drug-likeness (QED) is 0.827. The van der Waals surface area contributed by atoms with Gasteiger partial charge in [0.05, 0.1) is 7.11 Å². The molecule has 1 rings (SSSR count). The van der Waals surface area contributed by atoms with E-state index in [2.05, 4.69) is 5.32 Å². The third kappa shape index (κ3) is 3.47. The number of methoxy groups -OCH3 is 1. The molecule has 106 valence electrons. The number of hydrogen-bond donors (Lipinski definition) is 1. The number of carbonyl (C=O) groups excluding carboxylic acids is 1. The number of ether oxygens (including phenoxy) is 1. The van der Waals surface area contributed by atoms with E-state index in [0.717, 1.165) is 11.3 Å². The molecule has 0 spiro atoms. The van der Waals surface area contributed by atoms with Gasteiger partial charge in [-0.25, -0.2) is 4.79 Å². The molecule has 0 radical (unpaired) electrons. The molecule has 0 fully saturated rings. The highest BCUT2D eigenvalue weighted by molar-refractivity contribution is 5.82. The second kappa shape index (κ2) is 6.06. The summed E-state index contributed by atoms with van der Waals surface area (Å²) in [5.74, 6) is -0.279. The van der Waals surface area contributed by atoms with Crippen LogP contribution in [0.1, 0.15) is 26.3 Å². The standard InChI is InChI=1S/C15H24N2O2/c1-11(2)16-15(3,14(18)19-6)12-7-9-13(10-8-12)17(4)5/h7-11,16H,1-6H3. The predicted molar refractivity (Wildman–Crippen MR) is 78.4 cm³/mol. The number of carbonyl (C=O) groups is 1. The Hall–Kier alpha value is -1.55. The van der Waals surface area contributed by atoms with Gasteiger partial charge in [0.2, 0.25) is 0 Å². The molecule has 1 aromatic rings. The van der Waals surface area contributed by atoms with Crippen molar-refractivity contribution in [2.24, 2.45) is 0 Å².